The molecule has 0 saturated carbocycles. The van der Waals surface area contributed by atoms with Crippen molar-refractivity contribution in [2.75, 3.05) is 4.90 Å². The van der Waals surface area contributed by atoms with E-state index < -0.39 is 5.97 Å². The number of aliphatic carboxylic acids is 1. The molecule has 0 aliphatic carbocycles. The number of rotatable bonds is 3. The first-order chi connectivity index (χ1) is 11.5. The zero-order valence-corrected chi connectivity index (χ0v) is 13.2. The number of carboxylic acids is 1. The van der Waals surface area contributed by atoms with Crippen LogP contribution in [0.3, 0.4) is 0 Å². The minimum atomic E-state index is -0.891. The predicted molar refractivity (Wildman–Crippen MR) is 91.3 cm³/mol. The van der Waals surface area contributed by atoms with Gasteiger partial charge in [-0.1, -0.05) is 24.3 Å². The Labute approximate surface area is 138 Å². The molecule has 5 nitrogen and oxygen atoms in total. The molecule has 0 bridgehead atoms. The van der Waals surface area contributed by atoms with E-state index in [0.29, 0.717) is 6.54 Å². The summed E-state index contributed by atoms with van der Waals surface area (Å²) < 4.78 is 1.68. The fourth-order valence-corrected chi connectivity index (χ4v) is 3.38. The van der Waals surface area contributed by atoms with Crippen LogP contribution in [0.5, 0.6) is 0 Å². The summed E-state index contributed by atoms with van der Waals surface area (Å²) in [6.07, 6.45) is 1.76. The lowest BCUT2D eigenvalue weighted by atomic mass is 10.0. The van der Waals surface area contributed by atoms with Gasteiger partial charge in [-0.25, -0.2) is 0 Å². The molecule has 1 aromatic heterocycles. The van der Waals surface area contributed by atoms with Crippen molar-refractivity contribution in [2.24, 2.45) is 0 Å². The molecule has 1 amide bonds. The van der Waals surface area contributed by atoms with E-state index >= 15 is 0 Å². The largest absolute Gasteiger partial charge is 0.480 e. The highest BCUT2D eigenvalue weighted by Gasteiger charge is 2.29. The van der Waals surface area contributed by atoms with Crippen molar-refractivity contribution >= 4 is 28.5 Å². The molecule has 0 saturated heterocycles. The number of nitrogens with zero attached hydrogens (tertiary/aromatic N) is 2. The number of aromatic nitrogens is 1. The van der Waals surface area contributed by atoms with Crippen molar-refractivity contribution < 1.29 is 14.7 Å². The number of fused-ring (bicyclic) bond motifs is 2. The van der Waals surface area contributed by atoms with Gasteiger partial charge >= 0.3 is 5.97 Å². The first kappa shape index (κ1) is 14.5. The predicted octanol–water partition coefficient (Wildman–Crippen LogP) is 3.19. The highest BCUT2D eigenvalue weighted by atomic mass is 16.4. The van der Waals surface area contributed by atoms with Gasteiger partial charge in [-0.3, -0.25) is 9.59 Å². The monoisotopic (exact) mass is 320 g/mol. The third-order valence-electron chi connectivity index (χ3n) is 4.52. The van der Waals surface area contributed by atoms with E-state index in [0.717, 1.165) is 33.3 Å². The molecule has 0 spiro atoms. The van der Waals surface area contributed by atoms with Crippen molar-refractivity contribution in [1.29, 1.82) is 0 Å². The standard InChI is InChI=1S/C19H16N2O3/c1-12-3-2-4-14-10-21(19(24)18(12)14)15-6-5-13-7-8-20(11-17(22)23)16(13)9-15/h2-9H,10-11H2,1H3,(H,22,23). The Balaban J connectivity index is 1.77. The quantitative estimate of drug-likeness (QED) is 0.806. The fourth-order valence-electron chi connectivity index (χ4n) is 3.38. The van der Waals surface area contributed by atoms with Crippen LogP contribution < -0.4 is 4.90 Å². The van der Waals surface area contributed by atoms with E-state index in [1.54, 1.807) is 15.7 Å². The van der Waals surface area contributed by atoms with Crippen LogP contribution in [0.1, 0.15) is 21.5 Å². The number of hydrogen-bond donors (Lipinski definition) is 1. The molecule has 3 aromatic rings. The van der Waals surface area contributed by atoms with Crippen LogP contribution in [0.15, 0.2) is 48.7 Å². The molecular formula is C19H16N2O3. The SMILES string of the molecule is Cc1cccc2c1C(=O)N(c1ccc3ccn(CC(=O)O)c3c1)C2. The van der Waals surface area contributed by atoms with Crippen LogP contribution in [0.4, 0.5) is 5.69 Å². The minimum Gasteiger partial charge on any atom is -0.480 e. The Morgan fingerprint density at radius 1 is 1.21 bits per heavy atom. The van der Waals surface area contributed by atoms with Crippen LogP contribution >= 0.6 is 0 Å². The number of benzene rings is 2. The summed E-state index contributed by atoms with van der Waals surface area (Å²) in [5.41, 5.74) is 4.39. The van der Waals surface area contributed by atoms with E-state index in [-0.39, 0.29) is 12.5 Å². The number of anilines is 1. The van der Waals surface area contributed by atoms with E-state index in [2.05, 4.69) is 0 Å². The maximum Gasteiger partial charge on any atom is 0.323 e. The van der Waals surface area contributed by atoms with Gasteiger partial charge in [0.05, 0.1) is 12.1 Å². The number of amides is 1. The lowest BCUT2D eigenvalue weighted by Gasteiger charge is -2.16. The van der Waals surface area contributed by atoms with Crippen LogP contribution in [-0.2, 0) is 17.9 Å². The molecule has 120 valence electrons. The van der Waals surface area contributed by atoms with Crippen molar-refractivity contribution in [1.82, 2.24) is 4.57 Å². The fraction of sp³-hybridized carbons (Fsp3) is 0.158. The zero-order valence-electron chi connectivity index (χ0n) is 13.2. The maximum absolute atomic E-state index is 12.8. The van der Waals surface area contributed by atoms with E-state index in [9.17, 15) is 9.59 Å². The molecule has 0 fully saturated rings. The first-order valence-electron chi connectivity index (χ1n) is 7.75. The van der Waals surface area contributed by atoms with Gasteiger partial charge in [0.2, 0.25) is 0 Å². The van der Waals surface area contributed by atoms with E-state index in [1.807, 2.05) is 49.4 Å². The molecule has 1 N–H and O–H groups in total. The van der Waals surface area contributed by atoms with Gasteiger partial charge in [0, 0.05) is 17.4 Å². The van der Waals surface area contributed by atoms with Crippen molar-refractivity contribution in [3.63, 3.8) is 0 Å². The average Bonchev–Trinajstić information content (AvgIpc) is 3.09. The summed E-state index contributed by atoms with van der Waals surface area (Å²) in [5.74, 6) is -0.892. The van der Waals surface area contributed by atoms with Gasteiger partial charge in [0.1, 0.15) is 6.54 Å². The van der Waals surface area contributed by atoms with Gasteiger partial charge in [-0.2, -0.15) is 0 Å². The van der Waals surface area contributed by atoms with Gasteiger partial charge in [-0.15, -0.1) is 0 Å². The number of hydrogen-bond acceptors (Lipinski definition) is 2. The Morgan fingerprint density at radius 2 is 2.04 bits per heavy atom. The minimum absolute atomic E-state index is 0.00112. The summed E-state index contributed by atoms with van der Waals surface area (Å²) in [5, 5.41) is 9.99. The normalized spacial score (nSPS) is 13.5. The summed E-state index contributed by atoms with van der Waals surface area (Å²) in [6.45, 7) is 2.39. The number of aryl methyl sites for hydroxylation is 1. The third kappa shape index (κ3) is 2.17. The number of carbonyl (C=O) groups excluding carboxylic acids is 1. The highest BCUT2D eigenvalue weighted by molar-refractivity contribution is 6.11. The Bertz CT molecular complexity index is 987. The molecule has 0 unspecified atom stereocenters. The van der Waals surface area contributed by atoms with Crippen molar-refractivity contribution in [3.05, 3.63) is 65.4 Å². The van der Waals surface area contributed by atoms with E-state index in [1.165, 1.54) is 0 Å². The molecule has 2 heterocycles. The summed E-state index contributed by atoms with van der Waals surface area (Å²) in [4.78, 5) is 25.5. The zero-order chi connectivity index (χ0) is 16.8. The van der Waals surface area contributed by atoms with Gasteiger partial charge in [0.25, 0.3) is 5.91 Å². The maximum atomic E-state index is 12.8. The van der Waals surface area contributed by atoms with Gasteiger partial charge in [0.15, 0.2) is 0 Å². The Kier molecular flexibility index (Phi) is 3.16. The van der Waals surface area contributed by atoms with Crippen LogP contribution in [0, 0.1) is 6.92 Å². The van der Waals surface area contributed by atoms with Crippen LogP contribution in [0.25, 0.3) is 10.9 Å². The summed E-state index contributed by atoms with van der Waals surface area (Å²) in [7, 11) is 0. The second kappa shape index (κ2) is 5.23. The second-order valence-corrected chi connectivity index (χ2v) is 6.08. The van der Waals surface area contributed by atoms with Crippen LogP contribution in [-0.4, -0.2) is 21.6 Å². The highest BCUT2D eigenvalue weighted by Crippen LogP contribution is 2.32. The molecule has 24 heavy (non-hydrogen) atoms. The third-order valence-corrected chi connectivity index (χ3v) is 4.52. The topological polar surface area (TPSA) is 62.5 Å². The van der Waals surface area contributed by atoms with Crippen molar-refractivity contribution in [2.45, 2.75) is 20.0 Å². The first-order valence-corrected chi connectivity index (χ1v) is 7.75. The lowest BCUT2D eigenvalue weighted by Crippen LogP contribution is -2.23. The summed E-state index contributed by atoms with van der Waals surface area (Å²) in [6, 6.07) is 13.5. The van der Waals surface area contributed by atoms with E-state index in [4.69, 9.17) is 5.11 Å². The molecule has 4 rings (SSSR count). The Morgan fingerprint density at radius 3 is 2.79 bits per heavy atom. The molecule has 5 heteroatoms. The molecule has 2 aromatic carbocycles. The lowest BCUT2D eigenvalue weighted by molar-refractivity contribution is -0.137. The van der Waals surface area contributed by atoms with Crippen LogP contribution in [0.2, 0.25) is 0 Å². The number of carbonyl (C=O) groups is 2. The molecular weight excluding hydrogens is 304 g/mol. The molecule has 1 aliphatic rings. The second-order valence-electron chi connectivity index (χ2n) is 6.08. The summed E-state index contributed by atoms with van der Waals surface area (Å²) >= 11 is 0. The molecule has 0 atom stereocenters. The smallest absolute Gasteiger partial charge is 0.323 e. The molecule has 1 aliphatic heterocycles. The number of carboxylic acid groups (broad SMARTS) is 1. The van der Waals surface area contributed by atoms with Crippen molar-refractivity contribution in [3.8, 4) is 0 Å². The average molecular weight is 320 g/mol. The van der Waals surface area contributed by atoms with Gasteiger partial charge < -0.3 is 14.6 Å². The van der Waals surface area contributed by atoms with Gasteiger partial charge in [-0.05, 0) is 41.6 Å². The molecule has 0 radical (unpaired) electrons. The Hall–Kier alpha value is -3.08.